The Morgan fingerprint density at radius 1 is 1.42 bits per heavy atom. The van der Waals surface area contributed by atoms with E-state index in [-0.39, 0.29) is 29.6 Å². The normalized spacial score (nSPS) is 18.4. The second-order valence-electron chi connectivity index (χ2n) is 4.17. The molecule has 2 N–H and O–H groups in total. The van der Waals surface area contributed by atoms with Crippen LogP contribution in [0.3, 0.4) is 0 Å². The number of carbonyl (C=O) groups is 1. The number of rotatable bonds is 4. The molecule has 19 heavy (non-hydrogen) atoms. The van der Waals surface area contributed by atoms with Crippen molar-refractivity contribution < 1.29 is 23.1 Å². The summed E-state index contributed by atoms with van der Waals surface area (Å²) >= 11 is 0. The summed E-state index contributed by atoms with van der Waals surface area (Å²) in [6.45, 7) is 1.40. The number of hydrogen-bond acceptors (Lipinski definition) is 5. The first-order valence-electron chi connectivity index (χ1n) is 5.93. The maximum Gasteiger partial charge on any atom is 0.265 e. The molecule has 0 aromatic heterocycles. The zero-order valence-corrected chi connectivity index (χ0v) is 11.2. The lowest BCUT2D eigenvalue weighted by Crippen LogP contribution is -2.37. The number of nitrogens with one attached hydrogen (secondary N) is 1. The third kappa shape index (κ3) is 2.71. The molecule has 1 aliphatic rings. The SMILES string of the molecule is CCS(=O)(=O)c1ccc2c(c1)NC(=O)C(CCO)O2. The highest BCUT2D eigenvalue weighted by Gasteiger charge is 2.28. The van der Waals surface area contributed by atoms with Gasteiger partial charge in [-0.25, -0.2) is 8.42 Å². The summed E-state index contributed by atoms with van der Waals surface area (Å²) in [4.78, 5) is 11.8. The van der Waals surface area contributed by atoms with Crippen LogP contribution in [0.5, 0.6) is 5.75 Å². The van der Waals surface area contributed by atoms with Crippen LogP contribution >= 0.6 is 0 Å². The lowest BCUT2D eigenvalue weighted by atomic mass is 10.2. The number of fused-ring (bicyclic) bond motifs is 1. The lowest BCUT2D eigenvalue weighted by molar-refractivity contribution is -0.124. The van der Waals surface area contributed by atoms with E-state index in [1.54, 1.807) is 6.92 Å². The zero-order chi connectivity index (χ0) is 14.0. The molecule has 7 heteroatoms. The van der Waals surface area contributed by atoms with Gasteiger partial charge in [0.2, 0.25) is 0 Å². The van der Waals surface area contributed by atoms with E-state index in [1.165, 1.54) is 18.2 Å². The van der Waals surface area contributed by atoms with Gasteiger partial charge in [0.05, 0.1) is 16.3 Å². The van der Waals surface area contributed by atoms with E-state index in [4.69, 9.17) is 9.84 Å². The van der Waals surface area contributed by atoms with Gasteiger partial charge in [0.1, 0.15) is 5.75 Å². The second kappa shape index (κ2) is 5.18. The van der Waals surface area contributed by atoms with Crippen molar-refractivity contribution in [1.82, 2.24) is 0 Å². The maximum atomic E-state index is 11.7. The molecule has 0 saturated heterocycles. The largest absolute Gasteiger partial charge is 0.478 e. The fraction of sp³-hybridized carbons (Fsp3) is 0.417. The van der Waals surface area contributed by atoms with Crippen molar-refractivity contribution in [3.63, 3.8) is 0 Å². The van der Waals surface area contributed by atoms with Gasteiger partial charge in [-0.3, -0.25) is 4.79 Å². The highest BCUT2D eigenvalue weighted by molar-refractivity contribution is 7.91. The predicted molar refractivity (Wildman–Crippen MR) is 68.9 cm³/mol. The molecular weight excluding hydrogens is 270 g/mol. The quantitative estimate of drug-likeness (QED) is 0.843. The van der Waals surface area contributed by atoms with Crippen molar-refractivity contribution in [2.75, 3.05) is 17.7 Å². The van der Waals surface area contributed by atoms with E-state index in [1.807, 2.05) is 0 Å². The Labute approximate surface area is 111 Å². The van der Waals surface area contributed by atoms with Gasteiger partial charge in [0, 0.05) is 13.0 Å². The smallest absolute Gasteiger partial charge is 0.265 e. The van der Waals surface area contributed by atoms with Crippen molar-refractivity contribution in [3.8, 4) is 5.75 Å². The van der Waals surface area contributed by atoms with Gasteiger partial charge in [-0.05, 0) is 18.2 Å². The van der Waals surface area contributed by atoms with Crippen LogP contribution < -0.4 is 10.1 Å². The topological polar surface area (TPSA) is 92.7 Å². The molecule has 1 aliphatic heterocycles. The highest BCUT2D eigenvalue weighted by atomic mass is 32.2. The van der Waals surface area contributed by atoms with E-state index in [0.717, 1.165) is 0 Å². The molecule has 0 radical (unpaired) electrons. The number of hydrogen-bond donors (Lipinski definition) is 2. The zero-order valence-electron chi connectivity index (χ0n) is 10.4. The molecule has 0 bridgehead atoms. The van der Waals surface area contributed by atoms with E-state index in [0.29, 0.717) is 11.4 Å². The maximum absolute atomic E-state index is 11.7. The van der Waals surface area contributed by atoms with Crippen LogP contribution in [0.15, 0.2) is 23.1 Å². The summed E-state index contributed by atoms with van der Waals surface area (Å²) in [5, 5.41) is 11.4. The van der Waals surface area contributed by atoms with Crippen LogP contribution in [-0.2, 0) is 14.6 Å². The Hall–Kier alpha value is -1.60. The van der Waals surface area contributed by atoms with Crippen LogP contribution in [0.2, 0.25) is 0 Å². The molecule has 104 valence electrons. The van der Waals surface area contributed by atoms with E-state index >= 15 is 0 Å². The number of sulfone groups is 1. The molecule has 0 spiro atoms. The summed E-state index contributed by atoms with van der Waals surface area (Å²) in [6.07, 6.45) is -0.550. The Morgan fingerprint density at radius 2 is 2.16 bits per heavy atom. The Kier molecular flexibility index (Phi) is 3.77. The fourth-order valence-electron chi connectivity index (χ4n) is 1.80. The summed E-state index contributed by atoms with van der Waals surface area (Å²) in [6, 6.07) is 4.36. The van der Waals surface area contributed by atoms with Gasteiger partial charge >= 0.3 is 0 Å². The molecule has 0 aliphatic carbocycles. The second-order valence-corrected chi connectivity index (χ2v) is 6.45. The minimum Gasteiger partial charge on any atom is -0.478 e. The molecule has 0 saturated carbocycles. The van der Waals surface area contributed by atoms with E-state index in [9.17, 15) is 13.2 Å². The molecule has 1 atom stereocenters. The minimum atomic E-state index is -3.32. The summed E-state index contributed by atoms with van der Waals surface area (Å²) in [5.41, 5.74) is 0.341. The average Bonchev–Trinajstić information content (AvgIpc) is 2.39. The number of anilines is 1. The third-order valence-corrected chi connectivity index (χ3v) is 4.63. The number of aliphatic hydroxyl groups is 1. The predicted octanol–water partition coefficient (Wildman–Crippen LogP) is 0.562. The average molecular weight is 285 g/mol. The molecule has 1 amide bonds. The summed E-state index contributed by atoms with van der Waals surface area (Å²) in [5.74, 6) is 0.0222. The van der Waals surface area contributed by atoms with Gasteiger partial charge < -0.3 is 15.2 Å². The number of carbonyl (C=O) groups excluding carboxylic acids is 1. The molecule has 2 rings (SSSR count). The monoisotopic (exact) mass is 285 g/mol. The van der Waals surface area contributed by atoms with E-state index in [2.05, 4.69) is 5.32 Å². The van der Waals surface area contributed by atoms with Crippen molar-refractivity contribution in [3.05, 3.63) is 18.2 Å². The van der Waals surface area contributed by atoms with Gasteiger partial charge in [-0.15, -0.1) is 0 Å². The van der Waals surface area contributed by atoms with Crippen LogP contribution in [0.4, 0.5) is 5.69 Å². The summed E-state index contributed by atoms with van der Waals surface area (Å²) in [7, 11) is -3.32. The number of ether oxygens (including phenoxy) is 1. The molecule has 1 unspecified atom stereocenters. The van der Waals surface area contributed by atoms with Crippen molar-refractivity contribution >= 4 is 21.4 Å². The molecule has 1 aromatic rings. The standard InChI is InChI=1S/C12H15NO5S/c1-2-19(16,17)8-3-4-10-9(7-8)13-12(15)11(18-10)5-6-14/h3-4,7,11,14H,2,5-6H2,1H3,(H,13,15). The molecular formula is C12H15NO5S. The Balaban J connectivity index is 2.34. The first kappa shape index (κ1) is 13.8. The Morgan fingerprint density at radius 3 is 2.79 bits per heavy atom. The third-order valence-electron chi connectivity index (χ3n) is 2.90. The lowest BCUT2D eigenvalue weighted by Gasteiger charge is -2.25. The number of amides is 1. The van der Waals surface area contributed by atoms with Gasteiger partial charge in [0.15, 0.2) is 15.9 Å². The van der Waals surface area contributed by atoms with Crippen LogP contribution in [0, 0.1) is 0 Å². The van der Waals surface area contributed by atoms with Crippen molar-refractivity contribution in [2.24, 2.45) is 0 Å². The fourth-order valence-corrected chi connectivity index (χ4v) is 2.70. The van der Waals surface area contributed by atoms with E-state index < -0.39 is 15.9 Å². The first-order valence-corrected chi connectivity index (χ1v) is 7.58. The highest BCUT2D eigenvalue weighted by Crippen LogP contribution is 2.32. The van der Waals surface area contributed by atoms with Crippen molar-refractivity contribution in [1.29, 1.82) is 0 Å². The van der Waals surface area contributed by atoms with Gasteiger partial charge in [0.25, 0.3) is 5.91 Å². The first-order chi connectivity index (χ1) is 8.97. The minimum absolute atomic E-state index is 0.00622. The molecule has 6 nitrogen and oxygen atoms in total. The van der Waals surface area contributed by atoms with Gasteiger partial charge in [-0.2, -0.15) is 0 Å². The molecule has 0 fully saturated rings. The number of aliphatic hydroxyl groups excluding tert-OH is 1. The van der Waals surface area contributed by atoms with Crippen molar-refractivity contribution in [2.45, 2.75) is 24.3 Å². The molecule has 1 heterocycles. The Bertz CT molecular complexity index is 596. The van der Waals surface area contributed by atoms with Crippen LogP contribution in [0.25, 0.3) is 0 Å². The summed E-state index contributed by atoms with van der Waals surface area (Å²) < 4.78 is 28.9. The number of benzene rings is 1. The van der Waals surface area contributed by atoms with Crippen LogP contribution in [-0.4, -0.2) is 37.9 Å². The van der Waals surface area contributed by atoms with Gasteiger partial charge in [-0.1, -0.05) is 6.92 Å². The van der Waals surface area contributed by atoms with Crippen LogP contribution in [0.1, 0.15) is 13.3 Å². The molecule has 1 aromatic carbocycles.